The maximum Gasteiger partial charge on any atom is 0.389 e. The van der Waals surface area contributed by atoms with Crippen molar-refractivity contribution in [3.63, 3.8) is 0 Å². The Morgan fingerprint density at radius 2 is 2.12 bits per heavy atom. The fourth-order valence-corrected chi connectivity index (χ4v) is 1.45. The number of halogens is 4. The molecule has 0 atom stereocenters. The molecule has 1 aromatic heterocycles. The van der Waals surface area contributed by atoms with Gasteiger partial charge in [-0.15, -0.1) is 11.6 Å². The standard InChI is InChI=1S/C11H13ClF3NO/c1-8-5-10(9(6-12)7-16-8)17-4-2-3-11(13,14)15/h5,7H,2-4,6H2,1H3. The lowest BCUT2D eigenvalue weighted by Crippen LogP contribution is -2.10. The summed E-state index contributed by atoms with van der Waals surface area (Å²) in [4.78, 5) is 4.03. The second-order valence-corrected chi connectivity index (χ2v) is 3.90. The monoisotopic (exact) mass is 267 g/mol. The van der Waals surface area contributed by atoms with Gasteiger partial charge in [-0.2, -0.15) is 13.2 Å². The van der Waals surface area contributed by atoms with Crippen LogP contribution >= 0.6 is 11.6 Å². The number of aromatic nitrogens is 1. The molecule has 0 unspecified atom stereocenters. The largest absolute Gasteiger partial charge is 0.493 e. The molecule has 0 aromatic carbocycles. The van der Waals surface area contributed by atoms with Gasteiger partial charge in [0.1, 0.15) is 5.75 Å². The molecular weight excluding hydrogens is 255 g/mol. The maximum absolute atomic E-state index is 11.9. The van der Waals surface area contributed by atoms with Gasteiger partial charge in [-0.25, -0.2) is 0 Å². The molecule has 0 aliphatic heterocycles. The third-order valence-corrected chi connectivity index (χ3v) is 2.37. The lowest BCUT2D eigenvalue weighted by atomic mass is 10.2. The number of nitrogens with zero attached hydrogens (tertiary/aromatic N) is 1. The lowest BCUT2D eigenvalue weighted by Gasteiger charge is -2.11. The summed E-state index contributed by atoms with van der Waals surface area (Å²) in [6.07, 6.45) is -3.46. The number of alkyl halides is 4. The highest BCUT2D eigenvalue weighted by atomic mass is 35.5. The van der Waals surface area contributed by atoms with Crippen molar-refractivity contribution in [2.45, 2.75) is 31.8 Å². The van der Waals surface area contributed by atoms with Crippen LogP contribution in [-0.4, -0.2) is 17.8 Å². The number of aryl methyl sites for hydroxylation is 1. The Kier molecular flexibility index (Phi) is 5.05. The van der Waals surface area contributed by atoms with Crippen LogP contribution in [0.15, 0.2) is 12.3 Å². The molecule has 2 nitrogen and oxygen atoms in total. The van der Waals surface area contributed by atoms with E-state index in [1.54, 1.807) is 19.2 Å². The highest BCUT2D eigenvalue weighted by molar-refractivity contribution is 6.17. The van der Waals surface area contributed by atoms with Crippen LogP contribution in [0.25, 0.3) is 0 Å². The molecule has 96 valence electrons. The molecule has 0 amide bonds. The van der Waals surface area contributed by atoms with Crippen molar-refractivity contribution in [3.05, 3.63) is 23.5 Å². The van der Waals surface area contributed by atoms with Gasteiger partial charge in [-0.3, -0.25) is 4.98 Å². The zero-order valence-electron chi connectivity index (χ0n) is 9.35. The summed E-state index contributed by atoms with van der Waals surface area (Å²) in [6, 6.07) is 1.67. The summed E-state index contributed by atoms with van der Waals surface area (Å²) in [5.74, 6) is 0.733. The Morgan fingerprint density at radius 1 is 1.41 bits per heavy atom. The first kappa shape index (κ1) is 14.1. The van der Waals surface area contributed by atoms with E-state index in [1.807, 2.05) is 0 Å². The van der Waals surface area contributed by atoms with Gasteiger partial charge in [0, 0.05) is 29.9 Å². The SMILES string of the molecule is Cc1cc(OCCCC(F)(F)F)c(CCl)cn1. The van der Waals surface area contributed by atoms with Crippen molar-refractivity contribution in [2.75, 3.05) is 6.61 Å². The molecule has 1 rings (SSSR count). The minimum atomic E-state index is -4.13. The summed E-state index contributed by atoms with van der Waals surface area (Å²) in [5.41, 5.74) is 1.42. The van der Waals surface area contributed by atoms with E-state index in [0.29, 0.717) is 11.3 Å². The molecule has 6 heteroatoms. The van der Waals surface area contributed by atoms with E-state index in [4.69, 9.17) is 16.3 Å². The number of hydrogen-bond acceptors (Lipinski definition) is 2. The molecule has 17 heavy (non-hydrogen) atoms. The van der Waals surface area contributed by atoms with Gasteiger partial charge in [0.2, 0.25) is 0 Å². The maximum atomic E-state index is 11.9. The molecule has 0 saturated heterocycles. The first-order chi connectivity index (χ1) is 7.92. The lowest BCUT2D eigenvalue weighted by molar-refractivity contribution is -0.136. The Hall–Kier alpha value is -0.970. The van der Waals surface area contributed by atoms with Gasteiger partial charge in [-0.05, 0) is 13.3 Å². The van der Waals surface area contributed by atoms with Crippen LogP contribution in [-0.2, 0) is 5.88 Å². The molecule has 0 fully saturated rings. The van der Waals surface area contributed by atoms with Gasteiger partial charge < -0.3 is 4.74 Å². The molecule has 0 N–H and O–H groups in total. The van der Waals surface area contributed by atoms with Crippen LogP contribution in [0.2, 0.25) is 0 Å². The van der Waals surface area contributed by atoms with E-state index in [1.165, 1.54) is 0 Å². The number of hydrogen-bond donors (Lipinski definition) is 0. The van der Waals surface area contributed by atoms with Crippen LogP contribution < -0.4 is 4.74 Å². The van der Waals surface area contributed by atoms with Crippen LogP contribution in [0, 0.1) is 6.92 Å². The van der Waals surface area contributed by atoms with Crippen LogP contribution in [0.4, 0.5) is 13.2 Å². The Labute approximate surface area is 103 Å². The van der Waals surface area contributed by atoms with E-state index in [2.05, 4.69) is 4.98 Å². The quantitative estimate of drug-likeness (QED) is 0.597. The average Bonchev–Trinajstić information content (AvgIpc) is 2.23. The van der Waals surface area contributed by atoms with E-state index >= 15 is 0 Å². The van der Waals surface area contributed by atoms with E-state index in [-0.39, 0.29) is 18.9 Å². The first-order valence-electron chi connectivity index (χ1n) is 5.13. The van der Waals surface area contributed by atoms with Crippen LogP contribution in [0.1, 0.15) is 24.1 Å². The summed E-state index contributed by atoms with van der Waals surface area (Å²) in [5, 5.41) is 0. The third kappa shape index (κ3) is 5.26. The van der Waals surface area contributed by atoms with Gasteiger partial charge in [0.15, 0.2) is 0 Å². The number of ether oxygens (including phenoxy) is 1. The summed E-state index contributed by atoms with van der Waals surface area (Å²) < 4.78 is 41.0. The average molecular weight is 268 g/mol. The minimum absolute atomic E-state index is 0.0207. The zero-order valence-corrected chi connectivity index (χ0v) is 10.1. The third-order valence-electron chi connectivity index (χ3n) is 2.09. The predicted octanol–water partition coefficient (Wildman–Crippen LogP) is 3.85. The van der Waals surface area contributed by atoms with Crippen LogP contribution in [0.5, 0.6) is 5.75 Å². The van der Waals surface area contributed by atoms with Crippen molar-refractivity contribution >= 4 is 11.6 Å². The highest BCUT2D eigenvalue weighted by Crippen LogP contribution is 2.23. The van der Waals surface area contributed by atoms with E-state index in [9.17, 15) is 13.2 Å². The molecule has 1 heterocycles. The summed E-state index contributed by atoms with van der Waals surface area (Å²) >= 11 is 5.67. The fraction of sp³-hybridized carbons (Fsp3) is 0.545. The Bertz CT molecular complexity index is 368. The second-order valence-electron chi connectivity index (χ2n) is 3.63. The molecule has 0 radical (unpaired) electrons. The van der Waals surface area contributed by atoms with Crippen molar-refractivity contribution in [2.24, 2.45) is 0 Å². The molecule has 0 aliphatic carbocycles. The van der Waals surface area contributed by atoms with Gasteiger partial charge in [0.25, 0.3) is 0 Å². The van der Waals surface area contributed by atoms with E-state index in [0.717, 1.165) is 5.69 Å². The van der Waals surface area contributed by atoms with Gasteiger partial charge in [-0.1, -0.05) is 0 Å². The van der Waals surface area contributed by atoms with Crippen molar-refractivity contribution in [3.8, 4) is 5.75 Å². The molecule has 0 bridgehead atoms. The second kappa shape index (κ2) is 6.10. The molecule has 0 spiro atoms. The number of pyridine rings is 1. The van der Waals surface area contributed by atoms with Crippen molar-refractivity contribution in [1.29, 1.82) is 0 Å². The zero-order chi connectivity index (χ0) is 12.9. The fourth-order valence-electron chi connectivity index (χ4n) is 1.25. The predicted molar refractivity (Wildman–Crippen MR) is 59.3 cm³/mol. The van der Waals surface area contributed by atoms with Gasteiger partial charge in [0.05, 0.1) is 12.5 Å². The van der Waals surface area contributed by atoms with Crippen molar-refractivity contribution in [1.82, 2.24) is 4.98 Å². The number of rotatable bonds is 5. The topological polar surface area (TPSA) is 22.1 Å². The summed E-state index contributed by atoms with van der Waals surface area (Å²) in [6.45, 7) is 1.80. The Balaban J connectivity index is 2.48. The van der Waals surface area contributed by atoms with Crippen molar-refractivity contribution < 1.29 is 17.9 Å². The summed E-state index contributed by atoms with van der Waals surface area (Å²) in [7, 11) is 0. The minimum Gasteiger partial charge on any atom is -0.493 e. The molecular formula is C11H13ClF3NO. The van der Waals surface area contributed by atoms with Crippen LogP contribution in [0.3, 0.4) is 0 Å². The first-order valence-corrected chi connectivity index (χ1v) is 5.67. The van der Waals surface area contributed by atoms with Gasteiger partial charge >= 0.3 is 6.18 Å². The Morgan fingerprint density at radius 3 is 2.71 bits per heavy atom. The normalized spacial score (nSPS) is 11.6. The highest BCUT2D eigenvalue weighted by Gasteiger charge is 2.26. The molecule has 1 aromatic rings. The molecule has 0 saturated carbocycles. The van der Waals surface area contributed by atoms with E-state index < -0.39 is 12.6 Å². The smallest absolute Gasteiger partial charge is 0.389 e. The molecule has 0 aliphatic rings.